The predicted octanol–water partition coefficient (Wildman–Crippen LogP) is 4.32. The fourth-order valence-electron chi connectivity index (χ4n) is 3.52. The number of carbonyl (C=O) groups excluding carboxylic acids is 2. The van der Waals surface area contributed by atoms with E-state index in [4.69, 9.17) is 9.47 Å². The van der Waals surface area contributed by atoms with E-state index < -0.39 is 17.5 Å². The Morgan fingerprint density at radius 1 is 1.19 bits per heavy atom. The summed E-state index contributed by atoms with van der Waals surface area (Å²) in [5, 5.41) is 0. The molecular formula is C22H26O4. The molecule has 1 saturated carbocycles. The van der Waals surface area contributed by atoms with Crippen LogP contribution in [0.3, 0.4) is 0 Å². The van der Waals surface area contributed by atoms with Gasteiger partial charge in [-0.25, -0.2) is 9.59 Å². The normalized spacial score (nSPS) is 22.4. The first-order valence-corrected chi connectivity index (χ1v) is 9.28. The van der Waals surface area contributed by atoms with Crippen molar-refractivity contribution < 1.29 is 19.1 Å². The van der Waals surface area contributed by atoms with E-state index in [0.717, 1.165) is 12.8 Å². The maximum atomic E-state index is 12.6. The van der Waals surface area contributed by atoms with Crippen molar-refractivity contribution in [2.45, 2.75) is 50.5 Å². The van der Waals surface area contributed by atoms with Crippen molar-refractivity contribution in [3.63, 3.8) is 0 Å². The molecule has 0 heterocycles. The number of rotatable bonds is 5. The molecule has 1 aromatic rings. The fourth-order valence-corrected chi connectivity index (χ4v) is 3.52. The Morgan fingerprint density at radius 2 is 1.92 bits per heavy atom. The largest absolute Gasteiger partial charge is 0.466 e. The third-order valence-corrected chi connectivity index (χ3v) is 5.50. The van der Waals surface area contributed by atoms with E-state index in [1.165, 1.54) is 12.7 Å². The van der Waals surface area contributed by atoms with Crippen molar-refractivity contribution in [1.29, 1.82) is 0 Å². The number of ether oxygens (including phenoxy) is 2. The van der Waals surface area contributed by atoms with Gasteiger partial charge in [0.05, 0.1) is 7.11 Å². The summed E-state index contributed by atoms with van der Waals surface area (Å²) in [6.07, 6.45) is 9.50. The number of esters is 2. The van der Waals surface area contributed by atoms with E-state index in [1.807, 2.05) is 18.2 Å². The van der Waals surface area contributed by atoms with Gasteiger partial charge in [-0.05, 0) is 36.7 Å². The molecule has 4 nitrogen and oxygen atoms in total. The standard InChI is InChI=1S/C22H26O4/c1-16(17-8-4-3-5-9-17)18-10-6-7-11-19(13-12-18)20(23)26-22(14-15-22)21(24)25-2/h3-9,11,16,18H,10,12-15H2,1-2H3. The quantitative estimate of drug-likeness (QED) is 0.739. The van der Waals surface area contributed by atoms with E-state index in [-0.39, 0.29) is 0 Å². The summed E-state index contributed by atoms with van der Waals surface area (Å²) in [4.78, 5) is 24.4. The van der Waals surface area contributed by atoms with Gasteiger partial charge in [0.2, 0.25) is 5.60 Å². The van der Waals surface area contributed by atoms with Crippen LogP contribution in [0.15, 0.2) is 54.1 Å². The monoisotopic (exact) mass is 354 g/mol. The molecule has 4 heteroatoms. The Hall–Kier alpha value is -2.36. The van der Waals surface area contributed by atoms with E-state index in [2.05, 4.69) is 37.3 Å². The SMILES string of the molecule is COC(=O)C1(OC(=O)C2=CC=CCC(C(C)c3ccccc3)CC2)CC1. The van der Waals surface area contributed by atoms with Crippen LogP contribution < -0.4 is 0 Å². The molecule has 26 heavy (non-hydrogen) atoms. The Kier molecular flexibility index (Phi) is 5.60. The fraction of sp³-hybridized carbons (Fsp3) is 0.455. The average Bonchev–Trinajstić information content (AvgIpc) is 3.42. The van der Waals surface area contributed by atoms with Gasteiger partial charge in [0.25, 0.3) is 0 Å². The van der Waals surface area contributed by atoms with Crippen LogP contribution in [-0.2, 0) is 19.1 Å². The lowest BCUT2D eigenvalue weighted by Gasteiger charge is -2.25. The molecule has 0 N–H and O–H groups in total. The van der Waals surface area contributed by atoms with Gasteiger partial charge < -0.3 is 9.47 Å². The van der Waals surface area contributed by atoms with Crippen molar-refractivity contribution in [3.05, 3.63) is 59.7 Å². The van der Waals surface area contributed by atoms with Crippen LogP contribution in [0.25, 0.3) is 0 Å². The molecule has 1 fully saturated rings. The molecule has 0 radical (unpaired) electrons. The highest BCUT2D eigenvalue weighted by Gasteiger charge is 2.55. The van der Waals surface area contributed by atoms with E-state index in [9.17, 15) is 9.59 Å². The Bertz CT molecular complexity index is 713. The molecule has 2 atom stereocenters. The average molecular weight is 354 g/mol. The molecule has 0 saturated heterocycles. The molecule has 1 aromatic carbocycles. The highest BCUT2D eigenvalue weighted by Crippen LogP contribution is 2.42. The summed E-state index contributed by atoms with van der Waals surface area (Å²) in [5.41, 5.74) is 0.902. The van der Waals surface area contributed by atoms with E-state index in [1.54, 1.807) is 0 Å². The second-order valence-corrected chi connectivity index (χ2v) is 7.23. The van der Waals surface area contributed by atoms with Gasteiger partial charge >= 0.3 is 11.9 Å². The van der Waals surface area contributed by atoms with Crippen LogP contribution in [0.4, 0.5) is 0 Å². The smallest absolute Gasteiger partial charge is 0.350 e. The second kappa shape index (κ2) is 7.90. The zero-order chi connectivity index (χ0) is 18.6. The van der Waals surface area contributed by atoms with Crippen LogP contribution in [0, 0.1) is 5.92 Å². The molecule has 0 bridgehead atoms. The maximum absolute atomic E-state index is 12.6. The predicted molar refractivity (Wildman–Crippen MR) is 99.5 cm³/mol. The van der Waals surface area contributed by atoms with Gasteiger partial charge in [0.1, 0.15) is 0 Å². The minimum Gasteiger partial charge on any atom is -0.466 e. The molecule has 0 spiro atoms. The number of hydrogen-bond acceptors (Lipinski definition) is 4. The van der Waals surface area contributed by atoms with Crippen LogP contribution >= 0.6 is 0 Å². The molecular weight excluding hydrogens is 328 g/mol. The molecule has 0 aliphatic heterocycles. The zero-order valence-electron chi connectivity index (χ0n) is 15.4. The zero-order valence-corrected chi connectivity index (χ0v) is 15.4. The molecule has 3 rings (SSSR count). The third kappa shape index (κ3) is 4.06. The third-order valence-electron chi connectivity index (χ3n) is 5.50. The van der Waals surface area contributed by atoms with Crippen LogP contribution in [0.1, 0.15) is 50.5 Å². The highest BCUT2D eigenvalue weighted by atomic mass is 16.6. The lowest BCUT2D eigenvalue weighted by Crippen LogP contribution is -2.31. The number of benzene rings is 1. The lowest BCUT2D eigenvalue weighted by atomic mass is 9.81. The Labute approximate surface area is 154 Å². The van der Waals surface area contributed by atoms with Gasteiger partial charge in [-0.15, -0.1) is 0 Å². The topological polar surface area (TPSA) is 52.6 Å². The summed E-state index contributed by atoms with van der Waals surface area (Å²) >= 11 is 0. The summed E-state index contributed by atoms with van der Waals surface area (Å²) in [6.45, 7) is 2.24. The molecule has 2 aliphatic carbocycles. The van der Waals surface area contributed by atoms with Crippen LogP contribution in [0.2, 0.25) is 0 Å². The Morgan fingerprint density at radius 3 is 2.58 bits per heavy atom. The van der Waals surface area contributed by atoms with Gasteiger partial charge in [0, 0.05) is 18.4 Å². The van der Waals surface area contributed by atoms with Crippen molar-refractivity contribution in [3.8, 4) is 0 Å². The van der Waals surface area contributed by atoms with Crippen LogP contribution in [-0.4, -0.2) is 24.6 Å². The summed E-state index contributed by atoms with van der Waals surface area (Å²) < 4.78 is 10.3. The summed E-state index contributed by atoms with van der Waals surface area (Å²) in [6, 6.07) is 10.5. The molecule has 2 unspecified atom stereocenters. The van der Waals surface area contributed by atoms with Gasteiger partial charge in [0.15, 0.2) is 0 Å². The first-order valence-electron chi connectivity index (χ1n) is 9.28. The number of methoxy groups -OCH3 is 1. The summed E-state index contributed by atoms with van der Waals surface area (Å²) in [5.74, 6) is 0.0238. The number of allylic oxidation sites excluding steroid dienone is 3. The Balaban J connectivity index is 1.64. The van der Waals surface area contributed by atoms with Crippen molar-refractivity contribution in [2.24, 2.45) is 5.92 Å². The maximum Gasteiger partial charge on any atom is 0.350 e. The minimum absolute atomic E-state index is 0.398. The van der Waals surface area contributed by atoms with E-state index in [0.29, 0.717) is 36.7 Å². The van der Waals surface area contributed by atoms with Gasteiger partial charge in [-0.3, -0.25) is 0 Å². The second-order valence-electron chi connectivity index (χ2n) is 7.23. The lowest BCUT2D eigenvalue weighted by molar-refractivity contribution is -0.167. The molecule has 0 aromatic heterocycles. The van der Waals surface area contributed by atoms with Gasteiger partial charge in [-0.2, -0.15) is 0 Å². The van der Waals surface area contributed by atoms with E-state index >= 15 is 0 Å². The van der Waals surface area contributed by atoms with Crippen molar-refractivity contribution in [2.75, 3.05) is 7.11 Å². The van der Waals surface area contributed by atoms with Crippen molar-refractivity contribution in [1.82, 2.24) is 0 Å². The minimum atomic E-state index is -1.05. The first kappa shape index (κ1) is 18.4. The van der Waals surface area contributed by atoms with Gasteiger partial charge in [-0.1, -0.05) is 55.5 Å². The highest BCUT2D eigenvalue weighted by molar-refractivity contribution is 5.93. The van der Waals surface area contributed by atoms with Crippen LogP contribution in [0.5, 0.6) is 0 Å². The number of carbonyl (C=O) groups is 2. The number of hydrogen-bond donors (Lipinski definition) is 0. The first-order chi connectivity index (χ1) is 12.6. The summed E-state index contributed by atoms with van der Waals surface area (Å²) in [7, 11) is 1.32. The molecule has 138 valence electrons. The molecule has 0 amide bonds. The molecule has 2 aliphatic rings. The van der Waals surface area contributed by atoms with Crippen molar-refractivity contribution >= 4 is 11.9 Å².